The van der Waals surface area contributed by atoms with Crippen molar-refractivity contribution in [3.63, 3.8) is 0 Å². The van der Waals surface area contributed by atoms with Crippen molar-refractivity contribution in [2.75, 3.05) is 13.1 Å². The minimum atomic E-state index is -0.946. The molecule has 0 atom stereocenters. The Kier molecular flexibility index (Phi) is 5.04. The number of aliphatic hydroxyl groups is 1. The lowest BCUT2D eigenvalue weighted by Gasteiger charge is -2.09. The Morgan fingerprint density at radius 3 is 2.08 bits per heavy atom. The fourth-order valence-corrected chi connectivity index (χ4v) is 0.673. The molecular formula is C11H17NO. The molecule has 0 aliphatic rings. The van der Waals surface area contributed by atoms with Gasteiger partial charge >= 0.3 is 0 Å². The van der Waals surface area contributed by atoms with Gasteiger partial charge in [0.2, 0.25) is 0 Å². The highest BCUT2D eigenvalue weighted by atomic mass is 16.3. The zero-order chi connectivity index (χ0) is 10.3. The molecule has 72 valence electrons. The summed E-state index contributed by atoms with van der Waals surface area (Å²) in [5.74, 6) is 7.95. The van der Waals surface area contributed by atoms with Crippen LogP contribution in [0.4, 0.5) is 0 Å². The van der Waals surface area contributed by atoms with Crippen molar-refractivity contribution in [3.05, 3.63) is 0 Å². The maximum absolute atomic E-state index is 9.24. The van der Waals surface area contributed by atoms with Crippen molar-refractivity contribution in [2.24, 2.45) is 0 Å². The molecule has 0 spiro atoms. The number of rotatable bonds is 2. The molecule has 0 saturated heterocycles. The lowest BCUT2D eigenvalue weighted by molar-refractivity contribution is 0.143. The van der Waals surface area contributed by atoms with Crippen LogP contribution >= 0.6 is 0 Å². The largest absolute Gasteiger partial charge is 0.378 e. The van der Waals surface area contributed by atoms with Gasteiger partial charge in [-0.3, -0.25) is 0 Å². The van der Waals surface area contributed by atoms with E-state index in [-0.39, 0.29) is 0 Å². The Morgan fingerprint density at radius 1 is 1.15 bits per heavy atom. The molecule has 0 fully saturated rings. The van der Waals surface area contributed by atoms with Crippen LogP contribution in [0.15, 0.2) is 0 Å². The molecular weight excluding hydrogens is 162 g/mol. The van der Waals surface area contributed by atoms with E-state index in [1.165, 1.54) is 0 Å². The van der Waals surface area contributed by atoms with Gasteiger partial charge in [-0.25, -0.2) is 0 Å². The first-order valence-electron chi connectivity index (χ1n) is 4.49. The van der Waals surface area contributed by atoms with Gasteiger partial charge in [0.15, 0.2) is 0 Å². The van der Waals surface area contributed by atoms with Crippen molar-refractivity contribution in [1.82, 2.24) is 4.90 Å². The standard InChI is InChI=1S/C11H17NO/c1-5-12(6-2)10-8-7-9-11(3,4)13/h13H,5-6H2,1-4H3. The van der Waals surface area contributed by atoms with Crippen LogP contribution in [0.2, 0.25) is 0 Å². The molecule has 0 aliphatic heterocycles. The molecule has 0 unspecified atom stereocenters. The third-order valence-corrected chi connectivity index (χ3v) is 1.41. The number of nitrogens with zero attached hydrogens (tertiary/aromatic N) is 1. The monoisotopic (exact) mass is 179 g/mol. The van der Waals surface area contributed by atoms with E-state index >= 15 is 0 Å². The Balaban J connectivity index is 4.17. The minimum Gasteiger partial charge on any atom is -0.378 e. The van der Waals surface area contributed by atoms with Gasteiger partial charge in [-0.15, -0.1) is 0 Å². The van der Waals surface area contributed by atoms with Gasteiger partial charge in [0.25, 0.3) is 0 Å². The molecule has 13 heavy (non-hydrogen) atoms. The molecule has 2 nitrogen and oxygen atoms in total. The van der Waals surface area contributed by atoms with Crippen molar-refractivity contribution >= 4 is 0 Å². The maximum atomic E-state index is 9.24. The molecule has 0 heterocycles. The minimum absolute atomic E-state index is 0.897. The van der Waals surface area contributed by atoms with Gasteiger partial charge in [0.1, 0.15) is 5.60 Å². The van der Waals surface area contributed by atoms with Gasteiger partial charge in [0, 0.05) is 25.1 Å². The quantitative estimate of drug-likeness (QED) is 0.506. The van der Waals surface area contributed by atoms with E-state index < -0.39 is 5.60 Å². The fraction of sp³-hybridized carbons (Fsp3) is 0.636. The van der Waals surface area contributed by atoms with Gasteiger partial charge in [0.05, 0.1) is 0 Å². The smallest absolute Gasteiger partial charge is 0.120 e. The van der Waals surface area contributed by atoms with Gasteiger partial charge < -0.3 is 10.0 Å². The SMILES string of the molecule is CCN(C#CC#CC(C)(C)O)CC. The Labute approximate surface area is 80.9 Å². The highest BCUT2D eigenvalue weighted by Crippen LogP contribution is 1.95. The van der Waals surface area contributed by atoms with Crippen LogP contribution in [0.3, 0.4) is 0 Å². The fourth-order valence-electron chi connectivity index (χ4n) is 0.673. The zero-order valence-corrected chi connectivity index (χ0v) is 8.81. The van der Waals surface area contributed by atoms with Crippen LogP contribution < -0.4 is 0 Å². The summed E-state index contributed by atoms with van der Waals surface area (Å²) in [5, 5.41) is 9.24. The molecule has 0 bridgehead atoms. The average molecular weight is 179 g/mol. The zero-order valence-electron chi connectivity index (χ0n) is 8.81. The second-order valence-corrected chi connectivity index (χ2v) is 3.22. The van der Waals surface area contributed by atoms with E-state index in [1.807, 2.05) is 18.7 Å². The number of hydrogen-bond donors (Lipinski definition) is 1. The predicted octanol–water partition coefficient (Wildman–Crippen LogP) is 1.06. The lowest BCUT2D eigenvalue weighted by Crippen LogP contribution is -2.16. The van der Waals surface area contributed by atoms with Crippen LogP contribution in [0.5, 0.6) is 0 Å². The average Bonchev–Trinajstić information content (AvgIpc) is 2.03. The van der Waals surface area contributed by atoms with E-state index in [2.05, 4.69) is 23.8 Å². The summed E-state index contributed by atoms with van der Waals surface area (Å²) in [7, 11) is 0. The molecule has 0 aromatic rings. The van der Waals surface area contributed by atoms with E-state index in [0.717, 1.165) is 13.1 Å². The van der Waals surface area contributed by atoms with E-state index in [4.69, 9.17) is 0 Å². The molecule has 0 aromatic heterocycles. The molecule has 1 N–H and O–H groups in total. The van der Waals surface area contributed by atoms with Crippen LogP contribution in [-0.4, -0.2) is 28.7 Å². The summed E-state index contributed by atoms with van der Waals surface area (Å²) < 4.78 is 0. The highest BCUT2D eigenvalue weighted by Gasteiger charge is 2.04. The molecule has 0 rings (SSSR count). The van der Waals surface area contributed by atoms with Crippen LogP contribution in [0.25, 0.3) is 0 Å². The summed E-state index contributed by atoms with van der Waals surface area (Å²) in [6.45, 7) is 9.16. The molecule has 0 aromatic carbocycles. The van der Waals surface area contributed by atoms with Crippen molar-refractivity contribution in [2.45, 2.75) is 33.3 Å². The van der Waals surface area contributed by atoms with Crippen LogP contribution in [0, 0.1) is 23.8 Å². The molecule has 2 heteroatoms. The van der Waals surface area contributed by atoms with Crippen molar-refractivity contribution in [1.29, 1.82) is 0 Å². The number of hydrogen-bond acceptors (Lipinski definition) is 2. The van der Waals surface area contributed by atoms with Crippen molar-refractivity contribution in [3.8, 4) is 23.8 Å². The topological polar surface area (TPSA) is 23.5 Å². The highest BCUT2D eigenvalue weighted by molar-refractivity contribution is 5.28. The Bertz CT molecular complexity index is 250. The first kappa shape index (κ1) is 11.9. The first-order valence-corrected chi connectivity index (χ1v) is 4.49. The van der Waals surface area contributed by atoms with E-state index in [0.29, 0.717) is 0 Å². The van der Waals surface area contributed by atoms with Crippen LogP contribution in [-0.2, 0) is 0 Å². The summed E-state index contributed by atoms with van der Waals surface area (Å²) >= 11 is 0. The Hall–Kier alpha value is -1.12. The molecule has 0 amide bonds. The third kappa shape index (κ3) is 7.25. The third-order valence-electron chi connectivity index (χ3n) is 1.41. The van der Waals surface area contributed by atoms with E-state index in [9.17, 15) is 5.11 Å². The van der Waals surface area contributed by atoms with Gasteiger partial charge in [-0.2, -0.15) is 0 Å². The van der Waals surface area contributed by atoms with Gasteiger partial charge in [-0.1, -0.05) is 5.92 Å². The van der Waals surface area contributed by atoms with Gasteiger partial charge in [-0.05, 0) is 33.6 Å². The summed E-state index contributed by atoms with van der Waals surface area (Å²) in [6, 6.07) is 2.89. The normalized spacial score (nSPS) is 9.31. The molecule has 0 radical (unpaired) electrons. The second kappa shape index (κ2) is 5.51. The van der Waals surface area contributed by atoms with E-state index in [1.54, 1.807) is 13.8 Å². The maximum Gasteiger partial charge on any atom is 0.120 e. The molecule has 0 saturated carbocycles. The molecule has 0 aliphatic carbocycles. The second-order valence-electron chi connectivity index (χ2n) is 3.22. The lowest BCUT2D eigenvalue weighted by atomic mass is 10.1. The summed E-state index contributed by atoms with van der Waals surface area (Å²) in [5.41, 5.74) is -0.946. The van der Waals surface area contributed by atoms with Crippen molar-refractivity contribution < 1.29 is 5.11 Å². The summed E-state index contributed by atoms with van der Waals surface area (Å²) in [4.78, 5) is 1.96. The predicted molar refractivity (Wildman–Crippen MR) is 54.8 cm³/mol. The van der Waals surface area contributed by atoms with Crippen LogP contribution in [0.1, 0.15) is 27.7 Å². The Morgan fingerprint density at radius 2 is 1.69 bits per heavy atom. The first-order chi connectivity index (χ1) is 5.99. The summed E-state index contributed by atoms with van der Waals surface area (Å²) in [6.07, 6.45) is 0.